The quantitative estimate of drug-likeness (QED) is 0.865. The maximum atomic E-state index is 6.30. The molecule has 0 radical (unpaired) electrons. The van der Waals surface area contributed by atoms with Crippen molar-refractivity contribution < 1.29 is 9.47 Å². The normalized spacial score (nSPS) is 20.9. The molecule has 1 aliphatic rings. The SMILES string of the molecule is COc1cccc(C(N)CN(C)CC2CCCOC2)c1. The average Bonchev–Trinajstić information content (AvgIpc) is 2.48. The molecule has 1 aliphatic heterocycles. The number of nitrogens with zero attached hydrogens (tertiary/aromatic N) is 1. The van der Waals surface area contributed by atoms with Gasteiger partial charge >= 0.3 is 0 Å². The average molecular weight is 278 g/mol. The minimum atomic E-state index is 0.0135. The van der Waals surface area contributed by atoms with Gasteiger partial charge in [0.2, 0.25) is 0 Å². The summed E-state index contributed by atoms with van der Waals surface area (Å²) in [5.74, 6) is 1.51. The Morgan fingerprint density at radius 2 is 2.35 bits per heavy atom. The number of hydrogen-bond donors (Lipinski definition) is 1. The summed E-state index contributed by atoms with van der Waals surface area (Å²) >= 11 is 0. The van der Waals surface area contributed by atoms with Crippen LogP contribution in [0.5, 0.6) is 5.75 Å². The molecule has 0 aromatic heterocycles. The van der Waals surface area contributed by atoms with E-state index in [2.05, 4.69) is 18.0 Å². The van der Waals surface area contributed by atoms with Crippen molar-refractivity contribution in [2.75, 3.05) is 40.5 Å². The van der Waals surface area contributed by atoms with Crippen LogP contribution in [0.4, 0.5) is 0 Å². The predicted octanol–water partition coefficient (Wildman–Crippen LogP) is 2.05. The van der Waals surface area contributed by atoms with Crippen molar-refractivity contribution in [1.82, 2.24) is 4.90 Å². The summed E-state index contributed by atoms with van der Waals surface area (Å²) in [5, 5.41) is 0. The number of hydrogen-bond acceptors (Lipinski definition) is 4. The Kier molecular flexibility index (Phi) is 5.83. The second-order valence-corrected chi connectivity index (χ2v) is 5.69. The van der Waals surface area contributed by atoms with Crippen molar-refractivity contribution >= 4 is 0 Å². The molecule has 1 aromatic carbocycles. The lowest BCUT2D eigenvalue weighted by atomic mass is 10.0. The molecule has 1 aromatic rings. The summed E-state index contributed by atoms with van der Waals surface area (Å²) < 4.78 is 10.8. The van der Waals surface area contributed by atoms with E-state index >= 15 is 0 Å². The van der Waals surface area contributed by atoms with Gasteiger partial charge in [0.05, 0.1) is 13.7 Å². The molecule has 1 fully saturated rings. The van der Waals surface area contributed by atoms with Gasteiger partial charge in [-0.1, -0.05) is 12.1 Å². The Labute approximate surface area is 121 Å². The monoisotopic (exact) mass is 278 g/mol. The van der Waals surface area contributed by atoms with Gasteiger partial charge in [-0.05, 0) is 43.5 Å². The van der Waals surface area contributed by atoms with E-state index in [4.69, 9.17) is 15.2 Å². The van der Waals surface area contributed by atoms with Gasteiger partial charge in [0.25, 0.3) is 0 Å². The minimum absolute atomic E-state index is 0.0135. The van der Waals surface area contributed by atoms with Crippen molar-refractivity contribution in [3.8, 4) is 5.75 Å². The van der Waals surface area contributed by atoms with E-state index in [1.54, 1.807) is 7.11 Å². The maximum Gasteiger partial charge on any atom is 0.119 e. The smallest absolute Gasteiger partial charge is 0.119 e. The molecular formula is C16H26N2O2. The molecule has 1 saturated heterocycles. The topological polar surface area (TPSA) is 47.7 Å². The highest BCUT2D eigenvalue weighted by molar-refractivity contribution is 5.30. The van der Waals surface area contributed by atoms with Crippen molar-refractivity contribution in [1.29, 1.82) is 0 Å². The van der Waals surface area contributed by atoms with Crippen molar-refractivity contribution in [2.45, 2.75) is 18.9 Å². The Hall–Kier alpha value is -1.10. The first-order chi connectivity index (χ1) is 9.69. The molecule has 1 heterocycles. The fraction of sp³-hybridized carbons (Fsp3) is 0.625. The second kappa shape index (κ2) is 7.62. The zero-order valence-electron chi connectivity index (χ0n) is 12.5. The van der Waals surface area contributed by atoms with E-state index in [0.29, 0.717) is 5.92 Å². The zero-order valence-corrected chi connectivity index (χ0v) is 12.5. The molecule has 2 atom stereocenters. The molecule has 0 saturated carbocycles. The highest BCUT2D eigenvalue weighted by Gasteiger charge is 2.17. The Morgan fingerprint density at radius 1 is 1.50 bits per heavy atom. The van der Waals surface area contributed by atoms with Gasteiger partial charge in [0, 0.05) is 25.7 Å². The molecule has 4 nitrogen and oxygen atoms in total. The van der Waals surface area contributed by atoms with E-state index in [0.717, 1.165) is 37.6 Å². The summed E-state index contributed by atoms with van der Waals surface area (Å²) in [4.78, 5) is 2.31. The van der Waals surface area contributed by atoms with Crippen molar-refractivity contribution in [3.05, 3.63) is 29.8 Å². The molecule has 0 bridgehead atoms. The third-order valence-electron chi connectivity index (χ3n) is 3.85. The van der Waals surface area contributed by atoms with E-state index in [9.17, 15) is 0 Å². The van der Waals surface area contributed by atoms with Gasteiger partial charge in [-0.15, -0.1) is 0 Å². The standard InChI is InChI=1S/C16H26N2O2/c1-18(10-13-5-4-8-20-12-13)11-16(17)14-6-3-7-15(9-14)19-2/h3,6-7,9,13,16H,4-5,8,10-12,17H2,1-2H3. The summed E-state index contributed by atoms with van der Waals surface area (Å²) in [6, 6.07) is 8.02. The first-order valence-electron chi connectivity index (χ1n) is 7.35. The summed E-state index contributed by atoms with van der Waals surface area (Å²) in [7, 11) is 3.81. The maximum absolute atomic E-state index is 6.30. The molecule has 0 spiro atoms. The van der Waals surface area contributed by atoms with Crippen LogP contribution in [0.15, 0.2) is 24.3 Å². The largest absolute Gasteiger partial charge is 0.497 e. The highest BCUT2D eigenvalue weighted by Crippen LogP contribution is 2.19. The zero-order chi connectivity index (χ0) is 14.4. The lowest BCUT2D eigenvalue weighted by Crippen LogP contribution is -2.35. The predicted molar refractivity (Wildman–Crippen MR) is 81.0 cm³/mol. The minimum Gasteiger partial charge on any atom is -0.497 e. The fourth-order valence-corrected chi connectivity index (χ4v) is 2.78. The van der Waals surface area contributed by atoms with Crippen LogP contribution in [0.3, 0.4) is 0 Å². The van der Waals surface area contributed by atoms with Crippen LogP contribution in [0.2, 0.25) is 0 Å². The van der Waals surface area contributed by atoms with Crippen LogP contribution in [0, 0.1) is 5.92 Å². The summed E-state index contributed by atoms with van der Waals surface area (Å²) in [5.41, 5.74) is 7.42. The number of likely N-dealkylation sites (N-methyl/N-ethyl adjacent to an activating group) is 1. The van der Waals surface area contributed by atoms with Crippen molar-refractivity contribution in [3.63, 3.8) is 0 Å². The molecule has 2 N–H and O–H groups in total. The number of methoxy groups -OCH3 is 1. The van der Waals surface area contributed by atoms with Gasteiger partial charge in [-0.25, -0.2) is 0 Å². The van der Waals surface area contributed by atoms with E-state index in [-0.39, 0.29) is 6.04 Å². The van der Waals surface area contributed by atoms with Crippen molar-refractivity contribution in [2.24, 2.45) is 11.7 Å². The first kappa shape index (κ1) is 15.3. The molecule has 4 heteroatoms. The lowest BCUT2D eigenvalue weighted by molar-refractivity contribution is 0.0414. The van der Waals surface area contributed by atoms with E-state index in [1.165, 1.54) is 12.8 Å². The molecule has 2 rings (SSSR count). The van der Waals surface area contributed by atoms with E-state index in [1.807, 2.05) is 18.2 Å². The Bertz CT molecular complexity index is 405. The van der Waals surface area contributed by atoms with Crippen LogP contribution in [-0.2, 0) is 4.74 Å². The molecule has 2 unspecified atom stereocenters. The third kappa shape index (κ3) is 4.47. The van der Waals surface area contributed by atoms with Gasteiger partial charge in [0.1, 0.15) is 5.75 Å². The number of nitrogens with two attached hydrogens (primary N) is 1. The first-order valence-corrected chi connectivity index (χ1v) is 7.35. The van der Waals surface area contributed by atoms with Crippen LogP contribution in [0.25, 0.3) is 0 Å². The van der Waals surface area contributed by atoms with Gasteiger partial charge in [0.15, 0.2) is 0 Å². The van der Waals surface area contributed by atoms with Crippen LogP contribution in [0.1, 0.15) is 24.4 Å². The second-order valence-electron chi connectivity index (χ2n) is 5.69. The number of rotatable bonds is 6. The summed E-state index contributed by atoms with van der Waals surface area (Å²) in [6.07, 6.45) is 2.44. The number of benzene rings is 1. The number of ether oxygens (including phenoxy) is 2. The highest BCUT2D eigenvalue weighted by atomic mass is 16.5. The Balaban J connectivity index is 1.84. The molecule has 0 aliphatic carbocycles. The van der Waals surface area contributed by atoms with Gasteiger partial charge in [-0.3, -0.25) is 0 Å². The van der Waals surface area contributed by atoms with Gasteiger partial charge in [-0.2, -0.15) is 0 Å². The molecule has 0 amide bonds. The van der Waals surface area contributed by atoms with Crippen LogP contribution in [-0.4, -0.2) is 45.4 Å². The van der Waals surface area contributed by atoms with Gasteiger partial charge < -0.3 is 20.1 Å². The Morgan fingerprint density at radius 3 is 3.05 bits per heavy atom. The van der Waals surface area contributed by atoms with Crippen LogP contribution < -0.4 is 10.5 Å². The third-order valence-corrected chi connectivity index (χ3v) is 3.85. The molecular weight excluding hydrogens is 252 g/mol. The summed E-state index contributed by atoms with van der Waals surface area (Å²) in [6.45, 7) is 3.71. The van der Waals surface area contributed by atoms with E-state index < -0.39 is 0 Å². The fourth-order valence-electron chi connectivity index (χ4n) is 2.78. The molecule has 20 heavy (non-hydrogen) atoms. The lowest BCUT2D eigenvalue weighted by Gasteiger charge is -2.28. The van der Waals surface area contributed by atoms with Crippen LogP contribution >= 0.6 is 0 Å². The molecule has 112 valence electrons.